The Morgan fingerprint density at radius 2 is 1.22 bits per heavy atom. The summed E-state index contributed by atoms with van der Waals surface area (Å²) in [5.41, 5.74) is 19.9. The lowest BCUT2D eigenvalue weighted by Crippen LogP contribution is -2.23. The van der Waals surface area contributed by atoms with Crippen LogP contribution in [0.1, 0.15) is 56.5 Å². The van der Waals surface area contributed by atoms with E-state index in [1.54, 1.807) is 0 Å². The highest BCUT2D eigenvalue weighted by atomic mass is 15.1. The number of hydrogen-bond donors (Lipinski definition) is 0. The van der Waals surface area contributed by atoms with Crippen LogP contribution in [0.3, 0.4) is 0 Å². The van der Waals surface area contributed by atoms with Crippen molar-refractivity contribution in [1.82, 2.24) is 4.57 Å². The molecule has 0 spiro atoms. The summed E-state index contributed by atoms with van der Waals surface area (Å²) in [5.74, 6) is 0.768. The number of anilines is 2. The van der Waals surface area contributed by atoms with E-state index < -0.39 is 0 Å². The molecule has 6 aromatic carbocycles. The van der Waals surface area contributed by atoms with Crippen LogP contribution in [0.5, 0.6) is 0 Å². The molecule has 0 amide bonds. The van der Waals surface area contributed by atoms with Gasteiger partial charge in [0.1, 0.15) is 0 Å². The Kier molecular flexibility index (Phi) is 7.92. The van der Waals surface area contributed by atoms with Crippen LogP contribution < -0.4 is 4.90 Å². The van der Waals surface area contributed by atoms with Crippen molar-refractivity contribution in [2.75, 3.05) is 4.90 Å². The zero-order valence-corrected chi connectivity index (χ0v) is 32.1. The van der Waals surface area contributed by atoms with E-state index in [0.717, 1.165) is 12.8 Å². The number of fused-ring (bicyclic) bond motifs is 6. The van der Waals surface area contributed by atoms with E-state index in [1.807, 2.05) is 0 Å². The fourth-order valence-electron chi connectivity index (χ4n) is 9.75. The Hall–Kier alpha value is -6.12. The van der Waals surface area contributed by atoms with Crippen molar-refractivity contribution in [2.24, 2.45) is 11.8 Å². The van der Waals surface area contributed by atoms with Gasteiger partial charge in [-0.2, -0.15) is 0 Å². The molecule has 2 atom stereocenters. The molecule has 3 aliphatic rings. The summed E-state index contributed by atoms with van der Waals surface area (Å²) in [6, 6.07) is 55.7. The Bertz CT molecular complexity index is 2690. The molecule has 0 saturated carbocycles. The summed E-state index contributed by atoms with van der Waals surface area (Å²) in [6.07, 6.45) is 9.32. The molecule has 2 nitrogen and oxygen atoms in total. The Morgan fingerprint density at radius 3 is 2.00 bits per heavy atom. The second kappa shape index (κ2) is 13.0. The minimum Gasteiger partial charge on any atom is -0.314 e. The third kappa shape index (κ3) is 5.46. The maximum atomic E-state index is 2.52. The van der Waals surface area contributed by atoms with Crippen molar-refractivity contribution in [3.8, 4) is 27.9 Å². The first-order chi connectivity index (χ1) is 26.9. The molecule has 7 aromatic rings. The van der Waals surface area contributed by atoms with Gasteiger partial charge in [-0.25, -0.2) is 0 Å². The van der Waals surface area contributed by atoms with Gasteiger partial charge < -0.3 is 9.47 Å². The van der Waals surface area contributed by atoms with Crippen LogP contribution in [0, 0.1) is 11.8 Å². The predicted octanol–water partition coefficient (Wildman–Crippen LogP) is 13.9. The third-order valence-electron chi connectivity index (χ3n) is 12.5. The predicted molar refractivity (Wildman–Crippen MR) is 232 cm³/mol. The molecule has 1 heterocycles. The summed E-state index contributed by atoms with van der Waals surface area (Å²) in [4.78, 5) is 2.50. The summed E-state index contributed by atoms with van der Waals surface area (Å²) in [6.45, 7) is 9.58. The number of allylic oxidation sites excluding steroid dienone is 5. The highest BCUT2D eigenvalue weighted by Gasteiger charge is 2.36. The van der Waals surface area contributed by atoms with Crippen molar-refractivity contribution < 1.29 is 0 Å². The lowest BCUT2D eigenvalue weighted by molar-refractivity contribution is 0.599. The number of rotatable bonds is 6. The van der Waals surface area contributed by atoms with Gasteiger partial charge in [0.25, 0.3) is 0 Å². The molecular formula is C53H46N2. The fourth-order valence-corrected chi connectivity index (χ4v) is 9.75. The average Bonchev–Trinajstić information content (AvgIpc) is 3.66. The van der Waals surface area contributed by atoms with E-state index in [1.165, 1.54) is 89.4 Å². The monoisotopic (exact) mass is 710 g/mol. The molecule has 55 heavy (non-hydrogen) atoms. The highest BCUT2D eigenvalue weighted by Crippen LogP contribution is 2.51. The van der Waals surface area contributed by atoms with Gasteiger partial charge in [0.2, 0.25) is 0 Å². The number of aromatic nitrogens is 1. The van der Waals surface area contributed by atoms with Crippen LogP contribution in [-0.2, 0) is 11.8 Å². The highest BCUT2D eigenvalue weighted by molar-refractivity contribution is 5.94. The fraction of sp³-hybridized carbons (Fsp3) is 0.170. The van der Waals surface area contributed by atoms with Crippen LogP contribution in [-0.4, -0.2) is 4.57 Å². The largest absolute Gasteiger partial charge is 0.314 e. The number of nitrogens with zero attached hydrogens (tertiary/aromatic N) is 2. The molecular weight excluding hydrogens is 665 g/mol. The normalized spacial score (nSPS) is 18.1. The van der Waals surface area contributed by atoms with E-state index in [-0.39, 0.29) is 5.41 Å². The third-order valence-corrected chi connectivity index (χ3v) is 12.5. The quantitative estimate of drug-likeness (QED) is 0.167. The van der Waals surface area contributed by atoms with Crippen LogP contribution >= 0.6 is 0 Å². The van der Waals surface area contributed by atoms with Crippen molar-refractivity contribution in [3.63, 3.8) is 0 Å². The van der Waals surface area contributed by atoms with Crippen LogP contribution in [0.15, 0.2) is 181 Å². The molecule has 1 aromatic heterocycles. The first kappa shape index (κ1) is 33.4. The molecule has 10 rings (SSSR count). The first-order valence-electron chi connectivity index (χ1n) is 19.9. The molecule has 0 saturated heterocycles. The lowest BCUT2D eigenvalue weighted by Gasteiger charge is -2.35. The molecule has 2 unspecified atom stereocenters. The van der Waals surface area contributed by atoms with Crippen molar-refractivity contribution >= 4 is 28.4 Å². The van der Waals surface area contributed by atoms with Gasteiger partial charge in [-0.05, 0) is 124 Å². The van der Waals surface area contributed by atoms with Gasteiger partial charge in [-0.3, -0.25) is 0 Å². The average molecular weight is 711 g/mol. The molecule has 0 N–H and O–H groups in total. The van der Waals surface area contributed by atoms with E-state index in [4.69, 9.17) is 0 Å². The van der Waals surface area contributed by atoms with Gasteiger partial charge in [-0.1, -0.05) is 143 Å². The zero-order chi connectivity index (χ0) is 37.3. The molecule has 0 radical (unpaired) electrons. The number of hydrogen-bond acceptors (Lipinski definition) is 1. The van der Waals surface area contributed by atoms with E-state index in [0.29, 0.717) is 11.8 Å². The number of benzene rings is 6. The lowest BCUT2D eigenvalue weighted by atomic mass is 9.76. The molecule has 268 valence electrons. The zero-order valence-electron chi connectivity index (χ0n) is 32.1. The summed E-state index contributed by atoms with van der Waals surface area (Å²) in [5, 5.41) is 1.33. The SMILES string of the molecule is CC1CC(N(c2ccccc2)c2ccc3c(c2)C(C)(C)c2ccccc2-3)=CC=C1C1=Cc2c(n(-c3ccc(-c4ccccc4)cc3)c3ccccc23)CC1C. The van der Waals surface area contributed by atoms with Crippen molar-refractivity contribution in [3.05, 3.63) is 203 Å². The minimum absolute atomic E-state index is 0.0528. The van der Waals surface area contributed by atoms with Crippen LogP contribution in [0.2, 0.25) is 0 Å². The molecule has 3 aliphatic carbocycles. The van der Waals surface area contributed by atoms with Crippen molar-refractivity contribution in [2.45, 2.75) is 46.0 Å². The van der Waals surface area contributed by atoms with Gasteiger partial charge in [0.15, 0.2) is 0 Å². The summed E-state index contributed by atoms with van der Waals surface area (Å²) >= 11 is 0. The van der Waals surface area contributed by atoms with E-state index in [2.05, 4.69) is 207 Å². The van der Waals surface area contributed by atoms with Gasteiger partial charge in [0.05, 0.1) is 5.52 Å². The maximum absolute atomic E-state index is 2.52. The second-order valence-electron chi connectivity index (χ2n) is 16.3. The summed E-state index contributed by atoms with van der Waals surface area (Å²) in [7, 11) is 0. The second-order valence-corrected chi connectivity index (χ2v) is 16.3. The van der Waals surface area contributed by atoms with E-state index in [9.17, 15) is 0 Å². The van der Waals surface area contributed by atoms with Gasteiger partial charge >= 0.3 is 0 Å². The number of para-hydroxylation sites is 2. The Balaban J connectivity index is 1.04. The standard InChI is InChI=1S/C53H46N2/c1-35-31-41(54(39-17-9-6-10-18-39)42-28-30-45-44-19-11-13-21-49(44)53(3,4)50(45)33-42)27-29-43(35)47-34-48-46-20-12-14-22-51(46)55(52(48)32-36(47)2)40-25-23-38(24-26-40)37-15-7-5-8-16-37/h5-30,33-36H,31-32H2,1-4H3. The molecule has 0 fully saturated rings. The Labute approximate surface area is 325 Å². The van der Waals surface area contributed by atoms with Crippen molar-refractivity contribution in [1.29, 1.82) is 0 Å². The van der Waals surface area contributed by atoms with Crippen LogP contribution in [0.4, 0.5) is 11.4 Å². The molecule has 0 bridgehead atoms. The van der Waals surface area contributed by atoms with E-state index >= 15 is 0 Å². The van der Waals surface area contributed by atoms with Crippen LogP contribution in [0.25, 0.3) is 44.9 Å². The van der Waals surface area contributed by atoms with Gasteiger partial charge in [0, 0.05) is 44.8 Å². The topological polar surface area (TPSA) is 8.17 Å². The first-order valence-corrected chi connectivity index (χ1v) is 19.9. The molecule has 0 aliphatic heterocycles. The molecule has 2 heteroatoms. The smallest absolute Gasteiger partial charge is 0.0537 e. The minimum atomic E-state index is -0.0528. The maximum Gasteiger partial charge on any atom is 0.0537 e. The summed E-state index contributed by atoms with van der Waals surface area (Å²) < 4.78 is 2.51. The Morgan fingerprint density at radius 1 is 0.564 bits per heavy atom. The van der Waals surface area contributed by atoms with Gasteiger partial charge in [-0.15, -0.1) is 0 Å².